The van der Waals surface area contributed by atoms with Gasteiger partial charge in [0, 0.05) is 25.3 Å². The first-order valence-corrected chi connectivity index (χ1v) is 8.47. The van der Waals surface area contributed by atoms with E-state index in [0.717, 1.165) is 12.8 Å². The molecular weight excluding hydrogens is 295 g/mol. The van der Waals surface area contributed by atoms with Crippen LogP contribution in [-0.4, -0.2) is 28.2 Å². The Labute approximate surface area is 125 Å². The van der Waals surface area contributed by atoms with Crippen molar-refractivity contribution >= 4 is 10.0 Å². The highest BCUT2D eigenvalue weighted by Gasteiger charge is 2.19. The molecule has 0 saturated carbocycles. The molecule has 0 aromatic heterocycles. The maximum atomic E-state index is 13.7. The Balaban J connectivity index is 2.72. The molecule has 21 heavy (non-hydrogen) atoms. The highest BCUT2D eigenvalue weighted by Crippen LogP contribution is 2.20. The van der Waals surface area contributed by atoms with Gasteiger partial charge in [0.1, 0.15) is 5.82 Å². The maximum Gasteiger partial charge on any atom is 0.241 e. The molecule has 0 aliphatic heterocycles. The van der Waals surface area contributed by atoms with Crippen LogP contribution in [0, 0.1) is 12.7 Å². The van der Waals surface area contributed by atoms with Crippen LogP contribution in [0.1, 0.15) is 30.9 Å². The van der Waals surface area contributed by atoms with Gasteiger partial charge in [0.05, 0.1) is 11.5 Å². The van der Waals surface area contributed by atoms with Crippen molar-refractivity contribution in [2.24, 2.45) is 5.73 Å². The molecule has 0 spiro atoms. The van der Waals surface area contributed by atoms with Crippen LogP contribution >= 0.6 is 0 Å². The lowest BCUT2D eigenvalue weighted by Gasteiger charge is -2.12. The minimum absolute atomic E-state index is 0.0727. The predicted octanol–water partition coefficient (Wildman–Crippen LogP) is 1.69. The number of benzene rings is 1. The summed E-state index contributed by atoms with van der Waals surface area (Å²) in [6, 6.07) is 2.65. The summed E-state index contributed by atoms with van der Waals surface area (Å²) in [5.74, 6) is -0.572. The summed E-state index contributed by atoms with van der Waals surface area (Å²) in [5.41, 5.74) is 5.98. The first-order chi connectivity index (χ1) is 9.92. The first-order valence-electron chi connectivity index (χ1n) is 6.99. The third-order valence-corrected chi connectivity index (χ3v) is 4.65. The summed E-state index contributed by atoms with van der Waals surface area (Å²) in [7, 11) is -3.76. The standard InChI is InChI=1S/C14H23FN2O3S/c1-3-4-6-20-7-5-17-21(18,19)14-9-12(10-16)8-13(15)11(14)2/h8-9,17H,3-7,10,16H2,1-2H3. The molecule has 7 heteroatoms. The van der Waals surface area contributed by atoms with Crippen molar-refractivity contribution in [1.29, 1.82) is 0 Å². The molecule has 0 radical (unpaired) electrons. The normalized spacial score (nSPS) is 11.8. The van der Waals surface area contributed by atoms with Crippen LogP contribution in [0.25, 0.3) is 0 Å². The lowest BCUT2D eigenvalue weighted by Crippen LogP contribution is -2.28. The maximum absolute atomic E-state index is 13.7. The van der Waals surface area contributed by atoms with Crippen LogP contribution in [0.2, 0.25) is 0 Å². The molecule has 0 saturated heterocycles. The van der Waals surface area contributed by atoms with Gasteiger partial charge in [-0.15, -0.1) is 0 Å². The number of sulfonamides is 1. The van der Waals surface area contributed by atoms with Gasteiger partial charge < -0.3 is 10.5 Å². The Kier molecular flexibility index (Phi) is 7.24. The highest BCUT2D eigenvalue weighted by molar-refractivity contribution is 7.89. The average Bonchev–Trinajstić information content (AvgIpc) is 2.45. The van der Waals surface area contributed by atoms with Crippen molar-refractivity contribution in [1.82, 2.24) is 4.72 Å². The molecule has 0 atom stereocenters. The summed E-state index contributed by atoms with van der Waals surface area (Å²) in [4.78, 5) is -0.0727. The SMILES string of the molecule is CCCCOCCNS(=O)(=O)c1cc(CN)cc(F)c1C. The summed E-state index contributed by atoms with van der Waals surface area (Å²) in [6.07, 6.45) is 1.96. The summed E-state index contributed by atoms with van der Waals surface area (Å²) in [6.45, 7) is 4.61. The van der Waals surface area contributed by atoms with Crippen molar-refractivity contribution < 1.29 is 17.5 Å². The van der Waals surface area contributed by atoms with Gasteiger partial charge in [-0.3, -0.25) is 0 Å². The zero-order chi connectivity index (χ0) is 15.9. The molecular formula is C14H23FN2O3S. The molecule has 5 nitrogen and oxygen atoms in total. The van der Waals surface area contributed by atoms with Crippen molar-refractivity contribution in [2.45, 2.75) is 38.1 Å². The Morgan fingerprint density at radius 1 is 1.33 bits per heavy atom. The Morgan fingerprint density at radius 3 is 2.67 bits per heavy atom. The van der Waals surface area contributed by atoms with E-state index in [-0.39, 0.29) is 30.2 Å². The molecule has 0 amide bonds. The zero-order valence-electron chi connectivity index (χ0n) is 12.5. The van der Waals surface area contributed by atoms with E-state index in [1.165, 1.54) is 19.1 Å². The Bertz CT molecular complexity index is 562. The van der Waals surface area contributed by atoms with E-state index in [1.807, 2.05) is 6.92 Å². The fourth-order valence-corrected chi connectivity index (χ4v) is 3.09. The van der Waals surface area contributed by atoms with Crippen molar-refractivity contribution in [3.05, 3.63) is 29.1 Å². The molecule has 120 valence electrons. The second kappa shape index (κ2) is 8.43. The number of hydrogen-bond donors (Lipinski definition) is 2. The monoisotopic (exact) mass is 318 g/mol. The minimum Gasteiger partial charge on any atom is -0.380 e. The summed E-state index contributed by atoms with van der Waals surface area (Å²) < 4.78 is 45.8. The molecule has 3 N–H and O–H groups in total. The molecule has 0 fully saturated rings. The zero-order valence-corrected chi connectivity index (χ0v) is 13.3. The van der Waals surface area contributed by atoms with Crippen molar-refractivity contribution in [3.63, 3.8) is 0 Å². The van der Waals surface area contributed by atoms with Crippen LogP contribution in [0.3, 0.4) is 0 Å². The van der Waals surface area contributed by atoms with E-state index >= 15 is 0 Å². The van der Waals surface area contributed by atoms with E-state index in [4.69, 9.17) is 10.5 Å². The van der Waals surface area contributed by atoms with Crippen LogP contribution in [-0.2, 0) is 21.3 Å². The van der Waals surface area contributed by atoms with Gasteiger partial charge in [0.25, 0.3) is 0 Å². The molecule has 0 aliphatic carbocycles. The fraction of sp³-hybridized carbons (Fsp3) is 0.571. The number of unbranched alkanes of at least 4 members (excludes halogenated alkanes) is 1. The second-order valence-electron chi connectivity index (χ2n) is 4.77. The number of halogens is 1. The fourth-order valence-electron chi connectivity index (χ4n) is 1.78. The number of hydrogen-bond acceptors (Lipinski definition) is 4. The van der Waals surface area contributed by atoms with E-state index in [2.05, 4.69) is 4.72 Å². The lowest BCUT2D eigenvalue weighted by molar-refractivity contribution is 0.136. The third kappa shape index (κ3) is 5.35. The van der Waals surface area contributed by atoms with Crippen LogP contribution in [0.4, 0.5) is 4.39 Å². The molecule has 0 aliphatic rings. The van der Waals surface area contributed by atoms with Crippen LogP contribution in [0.15, 0.2) is 17.0 Å². The van der Waals surface area contributed by atoms with Gasteiger partial charge in [-0.05, 0) is 31.0 Å². The van der Waals surface area contributed by atoms with Gasteiger partial charge in [0.15, 0.2) is 0 Å². The summed E-state index contributed by atoms with van der Waals surface area (Å²) in [5, 5.41) is 0. The third-order valence-electron chi connectivity index (χ3n) is 3.06. The lowest BCUT2D eigenvalue weighted by atomic mass is 10.1. The molecule has 0 unspecified atom stereocenters. The topological polar surface area (TPSA) is 81.4 Å². The van der Waals surface area contributed by atoms with Gasteiger partial charge in [-0.1, -0.05) is 13.3 Å². The second-order valence-corrected chi connectivity index (χ2v) is 6.50. The molecule has 0 heterocycles. The number of nitrogens with one attached hydrogen (secondary N) is 1. The largest absolute Gasteiger partial charge is 0.380 e. The van der Waals surface area contributed by atoms with Crippen molar-refractivity contribution in [3.8, 4) is 0 Å². The number of rotatable bonds is 9. The smallest absolute Gasteiger partial charge is 0.241 e. The Hall–Kier alpha value is -1.02. The van der Waals surface area contributed by atoms with E-state index in [1.54, 1.807) is 0 Å². The summed E-state index contributed by atoms with van der Waals surface area (Å²) >= 11 is 0. The quantitative estimate of drug-likeness (QED) is 0.679. The van der Waals surface area contributed by atoms with Gasteiger partial charge in [0.2, 0.25) is 10.0 Å². The molecule has 0 bridgehead atoms. The van der Waals surface area contributed by atoms with Gasteiger partial charge in [-0.25, -0.2) is 17.5 Å². The van der Waals surface area contributed by atoms with E-state index < -0.39 is 15.8 Å². The molecule has 1 aromatic rings. The minimum atomic E-state index is -3.76. The van der Waals surface area contributed by atoms with Crippen LogP contribution < -0.4 is 10.5 Å². The van der Waals surface area contributed by atoms with E-state index in [9.17, 15) is 12.8 Å². The number of nitrogens with two attached hydrogens (primary N) is 1. The van der Waals surface area contributed by atoms with Gasteiger partial charge in [-0.2, -0.15) is 0 Å². The predicted molar refractivity (Wildman–Crippen MR) is 79.9 cm³/mol. The Morgan fingerprint density at radius 2 is 2.05 bits per heavy atom. The number of ether oxygens (including phenoxy) is 1. The molecule has 1 aromatic carbocycles. The molecule has 1 rings (SSSR count). The first kappa shape index (κ1) is 18.0. The van der Waals surface area contributed by atoms with Crippen LogP contribution in [0.5, 0.6) is 0 Å². The van der Waals surface area contributed by atoms with Crippen molar-refractivity contribution in [2.75, 3.05) is 19.8 Å². The average molecular weight is 318 g/mol. The highest BCUT2D eigenvalue weighted by atomic mass is 32.2. The van der Waals surface area contributed by atoms with E-state index in [0.29, 0.717) is 12.2 Å². The van der Waals surface area contributed by atoms with Gasteiger partial charge >= 0.3 is 0 Å².